The SMILES string of the molecule is COc1c(NC(=O)c2ccc(NC(=O)CNC(=O)c3ccc(NC(=O)/C=C/c4ccc(O)cc4)cc3)cc2)ccc(C(=O)Nc2ccc(C(=O)O)cc2)c1O. The lowest BCUT2D eigenvalue weighted by atomic mass is 10.1. The lowest BCUT2D eigenvalue weighted by Gasteiger charge is -2.15. The van der Waals surface area contributed by atoms with Crippen molar-refractivity contribution in [3.05, 3.63) is 143 Å². The number of anilines is 4. The number of phenolic OH excluding ortho intramolecular Hbond substituents is 2. The molecule has 0 spiro atoms. The molecule has 0 aromatic heterocycles. The Morgan fingerprint density at radius 1 is 0.600 bits per heavy atom. The van der Waals surface area contributed by atoms with E-state index in [9.17, 15) is 39.0 Å². The number of carboxylic acid groups (broad SMARTS) is 1. The van der Waals surface area contributed by atoms with E-state index < -0.39 is 41.3 Å². The van der Waals surface area contributed by atoms with Crippen LogP contribution in [-0.2, 0) is 9.59 Å². The van der Waals surface area contributed by atoms with Crippen LogP contribution in [0.5, 0.6) is 17.2 Å². The Labute approximate surface area is 313 Å². The van der Waals surface area contributed by atoms with Crippen LogP contribution in [0.3, 0.4) is 0 Å². The Balaban J connectivity index is 1.09. The molecule has 0 aliphatic carbocycles. The molecule has 8 N–H and O–H groups in total. The van der Waals surface area contributed by atoms with Crippen LogP contribution in [0.1, 0.15) is 47.0 Å². The first-order chi connectivity index (χ1) is 26.4. The predicted molar refractivity (Wildman–Crippen MR) is 204 cm³/mol. The first kappa shape index (κ1) is 38.3. The van der Waals surface area contributed by atoms with Crippen LogP contribution in [0.15, 0.2) is 115 Å². The standard InChI is InChI=1S/C40H33N5O10/c1-55-36-32(20-19-31(35(36)49)39(52)44-29-15-9-26(10-16-29)40(53)54)45-38(51)25-7-13-28(14-8-25)43-34(48)22-41-37(50)24-5-11-27(12-6-24)42-33(47)21-4-23-2-17-30(46)18-3-23/h2-21,46,49H,22H2,1H3,(H,41,50)(H,42,47)(H,43,48)(H,44,52)(H,45,51)(H,53,54)/b21-4+. The van der Waals surface area contributed by atoms with Gasteiger partial charge >= 0.3 is 5.97 Å². The second kappa shape index (κ2) is 17.5. The first-order valence-electron chi connectivity index (χ1n) is 16.3. The second-order valence-corrected chi connectivity index (χ2v) is 11.6. The van der Waals surface area contributed by atoms with Crippen LogP contribution in [0.4, 0.5) is 22.7 Å². The van der Waals surface area contributed by atoms with E-state index in [0.29, 0.717) is 17.1 Å². The van der Waals surface area contributed by atoms with Crippen LogP contribution in [0.25, 0.3) is 6.08 Å². The van der Waals surface area contributed by atoms with E-state index in [1.807, 2.05) is 0 Å². The van der Waals surface area contributed by atoms with Crippen LogP contribution in [0.2, 0.25) is 0 Å². The van der Waals surface area contributed by atoms with Gasteiger partial charge < -0.3 is 46.6 Å². The van der Waals surface area contributed by atoms with Gasteiger partial charge in [-0.05, 0) is 109 Å². The topological polar surface area (TPSA) is 232 Å². The number of aromatic hydroxyl groups is 2. The van der Waals surface area contributed by atoms with Gasteiger partial charge in [0, 0.05) is 34.3 Å². The zero-order valence-corrected chi connectivity index (χ0v) is 29.0. The van der Waals surface area contributed by atoms with Crippen molar-refractivity contribution in [3.8, 4) is 17.2 Å². The lowest BCUT2D eigenvalue weighted by molar-refractivity contribution is -0.115. The molecule has 278 valence electrons. The fourth-order valence-electron chi connectivity index (χ4n) is 4.97. The van der Waals surface area contributed by atoms with Gasteiger partial charge in [-0.25, -0.2) is 4.79 Å². The molecule has 0 saturated carbocycles. The number of phenols is 2. The third-order valence-corrected chi connectivity index (χ3v) is 7.79. The minimum absolute atomic E-state index is 0.0343. The number of nitrogens with one attached hydrogen (secondary N) is 5. The molecule has 0 atom stereocenters. The Hall–Kier alpha value is -7.94. The summed E-state index contributed by atoms with van der Waals surface area (Å²) in [5, 5.41) is 42.1. The molecule has 0 saturated heterocycles. The van der Waals surface area contributed by atoms with Crippen molar-refractivity contribution < 1.29 is 48.8 Å². The van der Waals surface area contributed by atoms with E-state index in [0.717, 1.165) is 5.56 Å². The highest BCUT2D eigenvalue weighted by molar-refractivity contribution is 6.10. The number of rotatable bonds is 13. The van der Waals surface area contributed by atoms with E-state index in [4.69, 9.17) is 9.84 Å². The van der Waals surface area contributed by atoms with E-state index in [-0.39, 0.29) is 46.0 Å². The summed E-state index contributed by atoms with van der Waals surface area (Å²) in [6, 6.07) is 26.3. The lowest BCUT2D eigenvalue weighted by Crippen LogP contribution is -2.32. The highest BCUT2D eigenvalue weighted by Crippen LogP contribution is 2.38. The van der Waals surface area contributed by atoms with Crippen LogP contribution in [-0.4, -0.2) is 64.5 Å². The highest BCUT2D eigenvalue weighted by Gasteiger charge is 2.21. The second-order valence-electron chi connectivity index (χ2n) is 11.6. The molecule has 0 aliphatic heterocycles. The molecule has 0 heterocycles. The maximum Gasteiger partial charge on any atom is 0.335 e. The molecule has 5 aromatic carbocycles. The molecule has 0 fully saturated rings. The third-order valence-electron chi connectivity index (χ3n) is 7.79. The molecule has 15 heteroatoms. The number of methoxy groups -OCH3 is 1. The van der Waals surface area contributed by atoms with Crippen molar-refractivity contribution in [1.29, 1.82) is 0 Å². The van der Waals surface area contributed by atoms with Crippen molar-refractivity contribution in [3.63, 3.8) is 0 Å². The normalized spacial score (nSPS) is 10.6. The number of hydrogen-bond donors (Lipinski definition) is 8. The van der Waals surface area contributed by atoms with E-state index in [2.05, 4.69) is 26.6 Å². The van der Waals surface area contributed by atoms with Crippen LogP contribution < -0.4 is 31.3 Å². The summed E-state index contributed by atoms with van der Waals surface area (Å²) >= 11 is 0. The summed E-state index contributed by atoms with van der Waals surface area (Å²) in [6.45, 7) is -0.351. The Morgan fingerprint density at radius 2 is 1.15 bits per heavy atom. The Kier molecular flexibility index (Phi) is 12.2. The molecule has 0 unspecified atom stereocenters. The molecule has 5 rings (SSSR count). The van der Waals surface area contributed by atoms with Crippen molar-refractivity contribution in [2.45, 2.75) is 0 Å². The van der Waals surface area contributed by atoms with Gasteiger partial charge in [0.05, 0.1) is 30.5 Å². The quantitative estimate of drug-likeness (QED) is 0.0722. The zero-order valence-electron chi connectivity index (χ0n) is 29.0. The summed E-state index contributed by atoms with van der Waals surface area (Å²) in [7, 11) is 1.25. The monoisotopic (exact) mass is 743 g/mol. The van der Waals surface area contributed by atoms with E-state index >= 15 is 0 Å². The molecule has 0 aliphatic rings. The fourth-order valence-corrected chi connectivity index (χ4v) is 4.97. The smallest absolute Gasteiger partial charge is 0.335 e. The minimum Gasteiger partial charge on any atom is -0.508 e. The molecule has 55 heavy (non-hydrogen) atoms. The number of amides is 5. The van der Waals surface area contributed by atoms with Crippen LogP contribution in [0, 0.1) is 0 Å². The van der Waals surface area contributed by atoms with Crippen molar-refractivity contribution in [2.24, 2.45) is 0 Å². The summed E-state index contributed by atoms with van der Waals surface area (Å²) in [5.41, 5.74) is 2.20. The van der Waals surface area contributed by atoms with Crippen LogP contribution >= 0.6 is 0 Å². The number of benzene rings is 5. The van der Waals surface area contributed by atoms with Gasteiger partial charge in [-0.1, -0.05) is 12.1 Å². The third kappa shape index (κ3) is 10.3. The van der Waals surface area contributed by atoms with E-state index in [1.165, 1.54) is 98.1 Å². The average molecular weight is 744 g/mol. The number of ether oxygens (including phenoxy) is 1. The summed E-state index contributed by atoms with van der Waals surface area (Å²) < 4.78 is 5.26. The number of carboxylic acids is 1. The maximum absolute atomic E-state index is 13.0. The first-order valence-corrected chi connectivity index (χ1v) is 16.3. The van der Waals surface area contributed by atoms with Crippen molar-refractivity contribution in [2.75, 3.05) is 34.9 Å². The van der Waals surface area contributed by atoms with Crippen molar-refractivity contribution >= 4 is 64.3 Å². The number of hydrogen-bond acceptors (Lipinski definition) is 9. The van der Waals surface area contributed by atoms with Gasteiger partial charge in [0.2, 0.25) is 11.8 Å². The Morgan fingerprint density at radius 3 is 1.73 bits per heavy atom. The molecular weight excluding hydrogens is 710 g/mol. The number of carbonyl (C=O) groups excluding carboxylic acids is 5. The summed E-state index contributed by atoms with van der Waals surface area (Å²) in [6.07, 6.45) is 2.92. The molecular formula is C40H33N5O10. The summed E-state index contributed by atoms with van der Waals surface area (Å²) in [5.74, 6) is -4.45. The minimum atomic E-state index is -1.12. The number of aromatic carboxylic acids is 1. The molecule has 0 bridgehead atoms. The predicted octanol–water partition coefficient (Wildman–Crippen LogP) is 5.33. The molecule has 15 nitrogen and oxygen atoms in total. The highest BCUT2D eigenvalue weighted by atomic mass is 16.5. The zero-order chi connectivity index (χ0) is 39.5. The fraction of sp³-hybridized carbons (Fsp3) is 0.0500. The van der Waals surface area contributed by atoms with Gasteiger partial charge in [-0.3, -0.25) is 24.0 Å². The molecule has 0 radical (unpaired) electrons. The Bertz CT molecular complexity index is 2270. The summed E-state index contributed by atoms with van der Waals surface area (Å²) in [4.78, 5) is 74.2. The van der Waals surface area contributed by atoms with Gasteiger partial charge in [0.15, 0.2) is 11.5 Å². The van der Waals surface area contributed by atoms with Gasteiger partial charge in [0.25, 0.3) is 17.7 Å². The molecule has 5 aromatic rings. The van der Waals surface area contributed by atoms with Gasteiger partial charge in [0.1, 0.15) is 5.75 Å². The van der Waals surface area contributed by atoms with E-state index in [1.54, 1.807) is 30.3 Å². The largest absolute Gasteiger partial charge is 0.508 e. The molecule has 5 amide bonds. The van der Waals surface area contributed by atoms with Gasteiger partial charge in [-0.15, -0.1) is 0 Å². The number of carbonyl (C=O) groups is 6. The average Bonchev–Trinajstić information content (AvgIpc) is 3.17. The van der Waals surface area contributed by atoms with Gasteiger partial charge in [-0.2, -0.15) is 0 Å². The maximum atomic E-state index is 13.0. The van der Waals surface area contributed by atoms with Crippen molar-refractivity contribution in [1.82, 2.24) is 5.32 Å².